The first-order chi connectivity index (χ1) is 9.74. The predicted octanol–water partition coefficient (Wildman–Crippen LogP) is 2.90. The third kappa shape index (κ3) is 3.07. The summed E-state index contributed by atoms with van der Waals surface area (Å²) in [5.74, 6) is 0.260. The number of carbonyl (C=O) groups excluding carboxylic acids is 1. The molecule has 110 valence electrons. The Morgan fingerprint density at radius 2 is 2.05 bits per heavy atom. The van der Waals surface area contributed by atoms with Gasteiger partial charge in [-0.2, -0.15) is 0 Å². The van der Waals surface area contributed by atoms with Gasteiger partial charge in [-0.05, 0) is 57.1 Å². The highest BCUT2D eigenvalue weighted by molar-refractivity contribution is 7.12. The number of aryl methyl sites for hydroxylation is 2. The highest BCUT2D eigenvalue weighted by Crippen LogP contribution is 2.32. The number of amides is 1. The third-order valence-corrected chi connectivity index (χ3v) is 5.88. The van der Waals surface area contributed by atoms with Gasteiger partial charge in [0.2, 0.25) is 5.91 Å². The van der Waals surface area contributed by atoms with E-state index >= 15 is 0 Å². The summed E-state index contributed by atoms with van der Waals surface area (Å²) in [5, 5.41) is 3.40. The summed E-state index contributed by atoms with van der Waals surface area (Å²) >= 11 is 1.94. The zero-order chi connectivity index (χ0) is 13.9. The third-order valence-electron chi connectivity index (χ3n) is 4.46. The minimum Gasteiger partial charge on any atom is -0.342 e. The maximum absolute atomic E-state index is 12.0. The normalized spacial score (nSPS) is 19.9. The summed E-state index contributed by atoms with van der Waals surface area (Å²) in [5.41, 5.74) is 1.55. The molecule has 1 N–H and O–H groups in total. The van der Waals surface area contributed by atoms with Crippen molar-refractivity contribution < 1.29 is 4.79 Å². The molecule has 1 fully saturated rings. The van der Waals surface area contributed by atoms with E-state index in [9.17, 15) is 4.79 Å². The fourth-order valence-corrected chi connectivity index (χ4v) is 4.43. The van der Waals surface area contributed by atoms with Crippen molar-refractivity contribution in [1.82, 2.24) is 10.2 Å². The van der Waals surface area contributed by atoms with E-state index < -0.39 is 0 Å². The Hall–Kier alpha value is -0.870. The minimum absolute atomic E-state index is 0.260. The van der Waals surface area contributed by atoms with Gasteiger partial charge in [0.15, 0.2) is 0 Å². The lowest BCUT2D eigenvalue weighted by molar-refractivity contribution is -0.129. The standard InChI is InChI=1S/C16H24N2OS/c1-12(17-11-16(19)18-8-4-5-9-18)15-10-13-6-2-3-7-14(13)20-15/h10,12,17H,2-9,11H2,1H3. The first-order valence-electron chi connectivity index (χ1n) is 7.86. The lowest BCUT2D eigenvalue weighted by atomic mass is 9.99. The minimum atomic E-state index is 0.260. The van der Waals surface area contributed by atoms with Crippen molar-refractivity contribution in [3.63, 3.8) is 0 Å². The van der Waals surface area contributed by atoms with Crippen molar-refractivity contribution in [3.8, 4) is 0 Å². The van der Waals surface area contributed by atoms with E-state index in [2.05, 4.69) is 18.3 Å². The zero-order valence-electron chi connectivity index (χ0n) is 12.3. The number of thiophene rings is 1. The van der Waals surface area contributed by atoms with E-state index in [0.29, 0.717) is 6.54 Å². The summed E-state index contributed by atoms with van der Waals surface area (Å²) < 4.78 is 0. The Kier molecular flexibility index (Phi) is 4.41. The van der Waals surface area contributed by atoms with E-state index in [1.54, 1.807) is 10.4 Å². The SMILES string of the molecule is CC(NCC(=O)N1CCCC1)c1cc2c(s1)CCCC2. The molecule has 0 bridgehead atoms. The second-order valence-corrected chi connectivity index (χ2v) is 7.16. The van der Waals surface area contributed by atoms with Gasteiger partial charge in [0, 0.05) is 28.9 Å². The average Bonchev–Trinajstić information content (AvgIpc) is 3.12. The lowest BCUT2D eigenvalue weighted by Gasteiger charge is -2.17. The van der Waals surface area contributed by atoms with Crippen LogP contribution in [0.2, 0.25) is 0 Å². The van der Waals surface area contributed by atoms with Crippen LogP contribution in [0.4, 0.5) is 0 Å². The Morgan fingerprint density at radius 3 is 2.80 bits per heavy atom. The molecule has 1 aliphatic heterocycles. The van der Waals surface area contributed by atoms with Gasteiger partial charge in [-0.1, -0.05) is 0 Å². The van der Waals surface area contributed by atoms with Crippen LogP contribution in [-0.2, 0) is 17.6 Å². The number of rotatable bonds is 4. The van der Waals surface area contributed by atoms with Crippen LogP contribution in [0.3, 0.4) is 0 Å². The highest BCUT2D eigenvalue weighted by atomic mass is 32.1. The number of hydrogen-bond donors (Lipinski definition) is 1. The second-order valence-electron chi connectivity index (χ2n) is 5.99. The van der Waals surface area contributed by atoms with Crippen molar-refractivity contribution in [2.45, 2.75) is 51.5 Å². The molecule has 0 saturated carbocycles. The van der Waals surface area contributed by atoms with Crippen molar-refractivity contribution >= 4 is 17.2 Å². The van der Waals surface area contributed by atoms with Gasteiger partial charge in [0.05, 0.1) is 6.54 Å². The Labute approximate surface area is 125 Å². The quantitative estimate of drug-likeness (QED) is 0.925. The highest BCUT2D eigenvalue weighted by Gasteiger charge is 2.20. The van der Waals surface area contributed by atoms with E-state index in [4.69, 9.17) is 0 Å². The van der Waals surface area contributed by atoms with E-state index in [1.165, 1.54) is 43.4 Å². The molecule has 0 aromatic carbocycles. The number of hydrogen-bond acceptors (Lipinski definition) is 3. The number of nitrogens with zero attached hydrogens (tertiary/aromatic N) is 1. The predicted molar refractivity (Wildman–Crippen MR) is 83.2 cm³/mol. The van der Waals surface area contributed by atoms with Gasteiger partial charge < -0.3 is 10.2 Å². The van der Waals surface area contributed by atoms with E-state index in [1.807, 2.05) is 16.2 Å². The van der Waals surface area contributed by atoms with Gasteiger partial charge in [-0.3, -0.25) is 4.79 Å². The molecule has 2 aliphatic rings. The molecule has 1 amide bonds. The monoisotopic (exact) mass is 292 g/mol. The van der Waals surface area contributed by atoms with Gasteiger partial charge in [-0.25, -0.2) is 0 Å². The molecule has 20 heavy (non-hydrogen) atoms. The lowest BCUT2D eigenvalue weighted by Crippen LogP contribution is -2.36. The number of nitrogens with one attached hydrogen (secondary N) is 1. The summed E-state index contributed by atoms with van der Waals surface area (Å²) in [4.78, 5) is 17.0. The Morgan fingerprint density at radius 1 is 1.30 bits per heavy atom. The molecule has 1 aromatic rings. The van der Waals surface area contributed by atoms with Crippen LogP contribution in [0.25, 0.3) is 0 Å². The van der Waals surface area contributed by atoms with Crippen LogP contribution >= 0.6 is 11.3 Å². The molecule has 1 aromatic heterocycles. The van der Waals surface area contributed by atoms with E-state index in [-0.39, 0.29) is 11.9 Å². The summed E-state index contributed by atoms with van der Waals surface area (Å²) in [6.45, 7) is 4.54. The molecule has 1 aliphatic carbocycles. The molecule has 1 unspecified atom stereocenters. The average molecular weight is 292 g/mol. The number of likely N-dealkylation sites (tertiary alicyclic amines) is 1. The molecular formula is C16H24N2OS. The maximum Gasteiger partial charge on any atom is 0.236 e. The van der Waals surface area contributed by atoms with E-state index in [0.717, 1.165) is 13.1 Å². The van der Waals surface area contributed by atoms with Crippen LogP contribution < -0.4 is 5.32 Å². The maximum atomic E-state index is 12.0. The smallest absolute Gasteiger partial charge is 0.236 e. The molecule has 4 heteroatoms. The fraction of sp³-hybridized carbons (Fsp3) is 0.688. The van der Waals surface area contributed by atoms with Gasteiger partial charge in [0.25, 0.3) is 0 Å². The Balaban J connectivity index is 1.54. The van der Waals surface area contributed by atoms with Gasteiger partial charge in [-0.15, -0.1) is 11.3 Å². The number of carbonyl (C=O) groups is 1. The van der Waals surface area contributed by atoms with Crippen LogP contribution in [0, 0.1) is 0 Å². The van der Waals surface area contributed by atoms with Crippen molar-refractivity contribution in [3.05, 3.63) is 21.4 Å². The van der Waals surface area contributed by atoms with Crippen LogP contribution in [0.15, 0.2) is 6.07 Å². The van der Waals surface area contributed by atoms with Gasteiger partial charge in [0.1, 0.15) is 0 Å². The fourth-order valence-electron chi connectivity index (χ4n) is 3.15. The molecule has 0 spiro atoms. The summed E-state index contributed by atoms with van der Waals surface area (Å²) in [6, 6.07) is 2.65. The molecular weight excluding hydrogens is 268 g/mol. The number of fused-ring (bicyclic) bond motifs is 1. The van der Waals surface area contributed by atoms with Gasteiger partial charge >= 0.3 is 0 Å². The second kappa shape index (κ2) is 6.27. The van der Waals surface area contributed by atoms with Crippen LogP contribution in [0.5, 0.6) is 0 Å². The summed E-state index contributed by atoms with van der Waals surface area (Å²) in [7, 11) is 0. The van der Waals surface area contributed by atoms with Crippen molar-refractivity contribution in [2.75, 3.05) is 19.6 Å². The molecule has 0 radical (unpaired) electrons. The molecule has 3 rings (SSSR count). The van der Waals surface area contributed by atoms with Crippen molar-refractivity contribution in [2.24, 2.45) is 0 Å². The molecule has 1 atom stereocenters. The van der Waals surface area contributed by atoms with Crippen LogP contribution in [0.1, 0.15) is 54.0 Å². The topological polar surface area (TPSA) is 32.3 Å². The zero-order valence-corrected chi connectivity index (χ0v) is 13.1. The summed E-state index contributed by atoms with van der Waals surface area (Å²) in [6.07, 6.45) is 7.49. The molecule has 1 saturated heterocycles. The molecule has 2 heterocycles. The first kappa shape index (κ1) is 14.1. The van der Waals surface area contributed by atoms with Crippen LogP contribution in [-0.4, -0.2) is 30.4 Å². The largest absolute Gasteiger partial charge is 0.342 e. The van der Waals surface area contributed by atoms with Crippen molar-refractivity contribution in [1.29, 1.82) is 0 Å². The Bertz CT molecular complexity index is 453. The first-order valence-corrected chi connectivity index (χ1v) is 8.68. The molecule has 3 nitrogen and oxygen atoms in total.